The number of alkyl halides is 3. The number of carbonyl (C=O) groups excluding carboxylic acids is 2. The molecule has 3 rings (SSSR count). The van der Waals surface area contributed by atoms with E-state index in [1.807, 2.05) is 6.92 Å². The number of nitrogens with zero attached hydrogens (tertiary/aromatic N) is 2. The standard InChI is InChI=1S/C23H27ClF3N3O4/c1-2-18-20-19(6-3-11-33-12-4-9-28-21(20)31)30(29-18)10-5-13-34-22(32)15-7-8-16(17(24)14-15)23(25,26)27/h7-8,14H,2-6,9-13H2,1H3,(H,28,31). The Balaban J connectivity index is 1.64. The zero-order valence-corrected chi connectivity index (χ0v) is 19.6. The van der Waals surface area contributed by atoms with Crippen LogP contribution in [0.4, 0.5) is 13.2 Å². The minimum Gasteiger partial charge on any atom is -0.462 e. The number of halogens is 4. The molecular weight excluding hydrogens is 475 g/mol. The molecule has 1 amide bonds. The van der Waals surface area contributed by atoms with Crippen LogP contribution in [0.2, 0.25) is 5.02 Å². The molecule has 0 bridgehead atoms. The summed E-state index contributed by atoms with van der Waals surface area (Å²) in [5.41, 5.74) is 1.06. The lowest BCUT2D eigenvalue weighted by Crippen LogP contribution is -2.26. The molecule has 11 heteroatoms. The van der Waals surface area contributed by atoms with E-state index in [9.17, 15) is 22.8 Å². The van der Waals surface area contributed by atoms with E-state index in [-0.39, 0.29) is 18.1 Å². The molecule has 0 spiro atoms. The van der Waals surface area contributed by atoms with Gasteiger partial charge in [0.15, 0.2) is 0 Å². The van der Waals surface area contributed by atoms with Crippen molar-refractivity contribution >= 4 is 23.5 Å². The van der Waals surface area contributed by atoms with Crippen molar-refractivity contribution in [2.75, 3.05) is 26.4 Å². The van der Waals surface area contributed by atoms with E-state index >= 15 is 0 Å². The van der Waals surface area contributed by atoms with Crippen molar-refractivity contribution in [3.8, 4) is 0 Å². The Bertz CT molecular complexity index is 1020. The lowest BCUT2D eigenvalue weighted by atomic mass is 10.1. The molecule has 2 heterocycles. The van der Waals surface area contributed by atoms with Crippen LogP contribution in [0.5, 0.6) is 0 Å². The number of rotatable bonds is 6. The Labute approximate surface area is 200 Å². The average Bonchev–Trinajstić information content (AvgIpc) is 3.12. The van der Waals surface area contributed by atoms with Gasteiger partial charge in [0.25, 0.3) is 5.91 Å². The number of hydrogen-bond donors (Lipinski definition) is 1. The molecule has 0 atom stereocenters. The molecule has 0 unspecified atom stereocenters. The van der Waals surface area contributed by atoms with Gasteiger partial charge in [-0.15, -0.1) is 0 Å². The lowest BCUT2D eigenvalue weighted by molar-refractivity contribution is -0.137. The molecular formula is C23H27ClF3N3O4. The van der Waals surface area contributed by atoms with E-state index in [0.717, 1.165) is 36.7 Å². The maximum atomic E-state index is 12.8. The summed E-state index contributed by atoms with van der Waals surface area (Å²) < 4.78 is 51.1. The minimum absolute atomic E-state index is 0.0306. The molecule has 186 valence electrons. The van der Waals surface area contributed by atoms with Gasteiger partial charge in [0.05, 0.1) is 39.7 Å². The second-order valence-electron chi connectivity index (χ2n) is 7.85. The number of ether oxygens (including phenoxy) is 2. The Hall–Kier alpha value is -2.59. The maximum Gasteiger partial charge on any atom is 0.417 e. The molecule has 1 aliphatic rings. The monoisotopic (exact) mass is 501 g/mol. The molecule has 0 radical (unpaired) electrons. The summed E-state index contributed by atoms with van der Waals surface area (Å²) in [7, 11) is 0. The fraction of sp³-hybridized carbons (Fsp3) is 0.522. The zero-order valence-electron chi connectivity index (χ0n) is 18.8. The third-order valence-corrected chi connectivity index (χ3v) is 5.72. The normalized spacial score (nSPS) is 15.3. The van der Waals surface area contributed by atoms with Crippen LogP contribution in [0.1, 0.15) is 63.9 Å². The minimum atomic E-state index is -4.60. The highest BCUT2D eigenvalue weighted by atomic mass is 35.5. The summed E-state index contributed by atoms with van der Waals surface area (Å²) in [6, 6.07) is 2.75. The summed E-state index contributed by atoms with van der Waals surface area (Å²) >= 11 is 5.67. The van der Waals surface area contributed by atoms with Gasteiger partial charge < -0.3 is 14.8 Å². The molecule has 0 aliphatic carbocycles. The lowest BCUT2D eigenvalue weighted by Gasteiger charge is -2.11. The molecule has 2 aromatic rings. The van der Waals surface area contributed by atoms with Crippen molar-refractivity contribution in [2.24, 2.45) is 0 Å². The van der Waals surface area contributed by atoms with Crippen molar-refractivity contribution in [3.63, 3.8) is 0 Å². The Morgan fingerprint density at radius 3 is 2.76 bits per heavy atom. The van der Waals surface area contributed by atoms with Crippen LogP contribution < -0.4 is 5.32 Å². The summed E-state index contributed by atoms with van der Waals surface area (Å²) in [6.07, 6.45) is -1.47. The molecule has 0 fully saturated rings. The molecule has 0 saturated carbocycles. The van der Waals surface area contributed by atoms with E-state index in [2.05, 4.69) is 10.4 Å². The summed E-state index contributed by atoms with van der Waals surface area (Å²) in [6.45, 7) is 4.09. The molecule has 7 nitrogen and oxygen atoms in total. The number of carbonyl (C=O) groups is 2. The van der Waals surface area contributed by atoms with Crippen LogP contribution in [0, 0.1) is 0 Å². The molecule has 1 aromatic carbocycles. The second kappa shape index (κ2) is 11.7. The fourth-order valence-electron chi connectivity index (χ4n) is 3.74. The van der Waals surface area contributed by atoms with Crippen molar-refractivity contribution in [3.05, 3.63) is 51.3 Å². The number of esters is 1. The Morgan fingerprint density at radius 2 is 2.06 bits per heavy atom. The number of fused-ring (bicyclic) bond motifs is 1. The van der Waals surface area contributed by atoms with Crippen molar-refractivity contribution < 1.29 is 32.2 Å². The van der Waals surface area contributed by atoms with Crippen molar-refractivity contribution in [2.45, 2.75) is 51.7 Å². The first-order chi connectivity index (χ1) is 16.2. The quantitative estimate of drug-likeness (QED) is 0.467. The molecule has 0 saturated heterocycles. The third-order valence-electron chi connectivity index (χ3n) is 5.40. The number of hydrogen-bond acceptors (Lipinski definition) is 5. The first-order valence-corrected chi connectivity index (χ1v) is 11.6. The van der Waals surface area contributed by atoms with Crippen LogP contribution in [-0.4, -0.2) is 48.0 Å². The van der Waals surface area contributed by atoms with E-state index in [4.69, 9.17) is 21.1 Å². The summed E-state index contributed by atoms with van der Waals surface area (Å²) in [4.78, 5) is 25.0. The zero-order chi connectivity index (χ0) is 24.7. The number of aromatic nitrogens is 2. The number of amides is 1. The van der Waals surface area contributed by atoms with Crippen LogP contribution in [0.25, 0.3) is 0 Å². The predicted octanol–water partition coefficient (Wildman–Crippen LogP) is 4.45. The predicted molar refractivity (Wildman–Crippen MR) is 119 cm³/mol. The Kier molecular flexibility index (Phi) is 8.96. The molecule has 1 aliphatic heterocycles. The number of benzene rings is 1. The highest BCUT2D eigenvalue weighted by Crippen LogP contribution is 2.35. The van der Waals surface area contributed by atoms with Crippen LogP contribution >= 0.6 is 11.6 Å². The van der Waals surface area contributed by atoms with Crippen LogP contribution in [-0.2, 0) is 35.0 Å². The van der Waals surface area contributed by atoms with E-state index in [0.29, 0.717) is 56.8 Å². The van der Waals surface area contributed by atoms with Gasteiger partial charge in [0, 0.05) is 32.7 Å². The molecule has 1 N–H and O–H groups in total. The van der Waals surface area contributed by atoms with E-state index in [1.165, 1.54) is 0 Å². The maximum absolute atomic E-state index is 12.8. The van der Waals surface area contributed by atoms with Crippen molar-refractivity contribution in [1.29, 1.82) is 0 Å². The van der Waals surface area contributed by atoms with Crippen LogP contribution in [0.3, 0.4) is 0 Å². The Morgan fingerprint density at radius 1 is 1.29 bits per heavy atom. The molecule has 1 aromatic heterocycles. The average molecular weight is 502 g/mol. The van der Waals surface area contributed by atoms with Gasteiger partial charge in [-0.25, -0.2) is 4.79 Å². The first-order valence-electron chi connectivity index (χ1n) is 11.2. The third kappa shape index (κ3) is 6.50. The van der Waals surface area contributed by atoms with E-state index < -0.39 is 22.7 Å². The van der Waals surface area contributed by atoms with Gasteiger partial charge in [0.1, 0.15) is 0 Å². The van der Waals surface area contributed by atoms with Gasteiger partial charge in [-0.3, -0.25) is 9.48 Å². The number of aryl methyl sites for hydroxylation is 2. The fourth-order valence-corrected chi connectivity index (χ4v) is 4.03. The van der Waals surface area contributed by atoms with Gasteiger partial charge >= 0.3 is 12.1 Å². The first kappa shape index (κ1) is 26.0. The van der Waals surface area contributed by atoms with Crippen molar-refractivity contribution in [1.82, 2.24) is 15.1 Å². The highest BCUT2D eigenvalue weighted by molar-refractivity contribution is 6.31. The summed E-state index contributed by atoms with van der Waals surface area (Å²) in [5.74, 6) is -0.910. The highest BCUT2D eigenvalue weighted by Gasteiger charge is 2.33. The largest absolute Gasteiger partial charge is 0.462 e. The van der Waals surface area contributed by atoms with Gasteiger partial charge in [0.2, 0.25) is 0 Å². The summed E-state index contributed by atoms with van der Waals surface area (Å²) in [5, 5.41) is 6.96. The van der Waals surface area contributed by atoms with Gasteiger partial charge in [-0.2, -0.15) is 18.3 Å². The molecule has 34 heavy (non-hydrogen) atoms. The van der Waals surface area contributed by atoms with Gasteiger partial charge in [-0.05, 0) is 43.9 Å². The number of nitrogens with one attached hydrogen (secondary N) is 1. The van der Waals surface area contributed by atoms with Crippen LogP contribution in [0.15, 0.2) is 18.2 Å². The van der Waals surface area contributed by atoms with E-state index in [1.54, 1.807) is 4.68 Å². The topological polar surface area (TPSA) is 82.5 Å². The smallest absolute Gasteiger partial charge is 0.417 e. The second-order valence-corrected chi connectivity index (χ2v) is 8.26. The SMILES string of the molecule is CCc1nn(CCCOC(=O)c2ccc(C(F)(F)F)c(Cl)c2)c2c1C(=O)NCCCOCCC2. The van der Waals surface area contributed by atoms with Gasteiger partial charge in [-0.1, -0.05) is 18.5 Å².